The molecule has 2 amide bonds. The van der Waals surface area contributed by atoms with Gasteiger partial charge < -0.3 is 4.98 Å². The Labute approximate surface area is 169 Å². The predicted octanol–water partition coefficient (Wildman–Crippen LogP) is 3.07. The number of aromatic amines is 1. The number of nitrogens with one attached hydrogen (secondary N) is 2. The lowest BCUT2D eigenvalue weighted by Gasteiger charge is -2.16. The summed E-state index contributed by atoms with van der Waals surface area (Å²) in [5.74, 6) is -0.999. The average molecular weight is 407 g/mol. The van der Waals surface area contributed by atoms with E-state index in [-0.39, 0.29) is 9.88 Å². The lowest BCUT2D eigenvalue weighted by atomic mass is 10.1. The fraction of sp³-hybridized carbons (Fsp3) is 0. The van der Waals surface area contributed by atoms with Crippen LogP contribution in [-0.4, -0.2) is 26.1 Å². The van der Waals surface area contributed by atoms with Gasteiger partial charge in [0.1, 0.15) is 0 Å². The summed E-state index contributed by atoms with van der Waals surface area (Å²) in [5.41, 5.74) is 3.67. The molecule has 1 fully saturated rings. The van der Waals surface area contributed by atoms with Gasteiger partial charge in [0.15, 0.2) is 4.32 Å². The number of hydrogen-bond acceptors (Lipinski definition) is 5. The zero-order chi connectivity index (χ0) is 19.7. The first-order chi connectivity index (χ1) is 13.5. The summed E-state index contributed by atoms with van der Waals surface area (Å²) in [5, 5.41) is 1.61. The largest absolute Gasteiger partial charge is 0.322 e. The summed E-state index contributed by atoms with van der Waals surface area (Å²) in [7, 11) is 0. The normalized spacial score (nSPS) is 15.4. The molecule has 0 spiro atoms. The van der Waals surface area contributed by atoms with E-state index in [1.165, 1.54) is 6.07 Å². The van der Waals surface area contributed by atoms with Crippen LogP contribution in [0.4, 0.5) is 0 Å². The quantitative estimate of drug-likeness (QED) is 0.515. The average Bonchev–Trinajstić information content (AvgIpc) is 2.95. The van der Waals surface area contributed by atoms with Crippen molar-refractivity contribution in [3.05, 3.63) is 87.0 Å². The first-order valence-electron chi connectivity index (χ1n) is 8.29. The zero-order valence-electron chi connectivity index (χ0n) is 14.3. The molecule has 0 aliphatic carbocycles. The van der Waals surface area contributed by atoms with E-state index in [2.05, 4.69) is 10.4 Å². The summed E-state index contributed by atoms with van der Waals surface area (Å²) in [6.07, 6.45) is 1.72. The molecule has 138 valence electrons. The van der Waals surface area contributed by atoms with Crippen LogP contribution in [0.5, 0.6) is 0 Å². The molecule has 2 heterocycles. The van der Waals surface area contributed by atoms with Crippen molar-refractivity contribution < 1.29 is 9.59 Å². The van der Waals surface area contributed by atoms with Gasteiger partial charge >= 0.3 is 0 Å². The Morgan fingerprint density at radius 3 is 2.57 bits per heavy atom. The highest BCUT2D eigenvalue weighted by atomic mass is 32.2. The van der Waals surface area contributed by atoms with Gasteiger partial charge in [0.2, 0.25) is 5.56 Å². The van der Waals surface area contributed by atoms with Gasteiger partial charge in [0.25, 0.3) is 11.8 Å². The number of thiocarbonyl (C=S) groups is 1. The van der Waals surface area contributed by atoms with E-state index in [9.17, 15) is 14.4 Å². The topological polar surface area (TPSA) is 82.3 Å². The number of benzene rings is 2. The fourth-order valence-electron chi connectivity index (χ4n) is 2.82. The summed E-state index contributed by atoms with van der Waals surface area (Å²) in [6, 6.07) is 17.5. The number of para-hydroxylation sites is 1. The van der Waals surface area contributed by atoms with Gasteiger partial charge in [-0.2, -0.15) is 5.01 Å². The van der Waals surface area contributed by atoms with Gasteiger partial charge in [-0.15, -0.1) is 0 Å². The van der Waals surface area contributed by atoms with Gasteiger partial charge in [0.05, 0.1) is 10.5 Å². The molecule has 8 heteroatoms. The Morgan fingerprint density at radius 2 is 1.79 bits per heavy atom. The van der Waals surface area contributed by atoms with Crippen molar-refractivity contribution >= 4 is 57.1 Å². The zero-order valence-corrected chi connectivity index (χ0v) is 16.0. The number of aromatic nitrogens is 1. The minimum Gasteiger partial charge on any atom is -0.322 e. The molecule has 1 saturated heterocycles. The summed E-state index contributed by atoms with van der Waals surface area (Å²) in [4.78, 5) is 40.4. The first kappa shape index (κ1) is 18.1. The molecule has 0 bridgehead atoms. The SMILES string of the molecule is O=C(NN1C(=O)/C(=C\c2ccccc2)SC1=S)c1cc(=O)[nH]c2ccccc12. The second-order valence-corrected chi connectivity index (χ2v) is 7.64. The Bertz CT molecular complexity index is 1200. The molecule has 2 aromatic carbocycles. The molecule has 4 rings (SSSR count). The van der Waals surface area contributed by atoms with Gasteiger partial charge in [-0.05, 0) is 29.9 Å². The van der Waals surface area contributed by atoms with Crippen LogP contribution >= 0.6 is 24.0 Å². The molecule has 6 nitrogen and oxygen atoms in total. The monoisotopic (exact) mass is 407 g/mol. The molecule has 1 aromatic heterocycles. The highest BCUT2D eigenvalue weighted by Crippen LogP contribution is 2.31. The van der Waals surface area contributed by atoms with Crippen molar-refractivity contribution in [1.82, 2.24) is 15.4 Å². The van der Waals surface area contributed by atoms with E-state index in [4.69, 9.17) is 12.2 Å². The molecule has 0 radical (unpaired) electrons. The molecular weight excluding hydrogens is 394 g/mol. The van der Waals surface area contributed by atoms with E-state index < -0.39 is 17.4 Å². The number of hydrazine groups is 1. The van der Waals surface area contributed by atoms with Crippen LogP contribution in [-0.2, 0) is 4.79 Å². The number of rotatable bonds is 3. The molecule has 0 saturated carbocycles. The van der Waals surface area contributed by atoms with Crippen LogP contribution in [0.2, 0.25) is 0 Å². The van der Waals surface area contributed by atoms with Crippen molar-refractivity contribution in [3.8, 4) is 0 Å². The summed E-state index contributed by atoms with van der Waals surface area (Å²) >= 11 is 6.35. The molecular formula is C20H13N3O3S2. The van der Waals surface area contributed by atoms with Crippen LogP contribution in [0.25, 0.3) is 17.0 Å². The van der Waals surface area contributed by atoms with Gasteiger partial charge in [-0.25, -0.2) is 0 Å². The molecule has 3 aromatic rings. The Kier molecular flexibility index (Phi) is 4.81. The Hall–Kier alpha value is -3.23. The highest BCUT2D eigenvalue weighted by Gasteiger charge is 2.34. The number of H-pyrrole nitrogens is 1. The Morgan fingerprint density at radius 1 is 1.07 bits per heavy atom. The number of fused-ring (bicyclic) bond motifs is 1. The lowest BCUT2D eigenvalue weighted by molar-refractivity contribution is -0.123. The van der Waals surface area contributed by atoms with E-state index in [0.717, 1.165) is 22.3 Å². The van der Waals surface area contributed by atoms with Crippen molar-refractivity contribution in [2.75, 3.05) is 0 Å². The number of thioether (sulfide) groups is 1. The number of pyridine rings is 1. The van der Waals surface area contributed by atoms with E-state index >= 15 is 0 Å². The van der Waals surface area contributed by atoms with Crippen LogP contribution < -0.4 is 11.0 Å². The van der Waals surface area contributed by atoms with Crippen LogP contribution in [0.15, 0.2) is 70.4 Å². The third-order valence-corrected chi connectivity index (χ3v) is 5.40. The predicted molar refractivity (Wildman–Crippen MR) is 113 cm³/mol. The molecule has 1 aliphatic heterocycles. The van der Waals surface area contributed by atoms with E-state index in [0.29, 0.717) is 15.8 Å². The second-order valence-electron chi connectivity index (χ2n) is 5.96. The number of carbonyl (C=O) groups is 2. The number of carbonyl (C=O) groups excluding carboxylic acids is 2. The Balaban J connectivity index is 1.62. The third kappa shape index (κ3) is 3.47. The maximum absolute atomic E-state index is 12.8. The number of nitrogens with zero attached hydrogens (tertiary/aromatic N) is 1. The summed E-state index contributed by atoms with van der Waals surface area (Å²) in [6.45, 7) is 0. The number of hydrogen-bond donors (Lipinski definition) is 2. The van der Waals surface area contributed by atoms with Crippen LogP contribution in [0, 0.1) is 0 Å². The highest BCUT2D eigenvalue weighted by molar-refractivity contribution is 8.26. The molecule has 0 atom stereocenters. The minimum atomic E-state index is -0.584. The maximum Gasteiger partial charge on any atom is 0.285 e. The fourth-order valence-corrected chi connectivity index (χ4v) is 4.00. The maximum atomic E-state index is 12.8. The van der Waals surface area contributed by atoms with E-state index in [1.807, 2.05) is 30.3 Å². The lowest BCUT2D eigenvalue weighted by Crippen LogP contribution is -2.45. The molecule has 1 aliphatic rings. The van der Waals surface area contributed by atoms with Gasteiger partial charge in [0, 0.05) is 17.0 Å². The van der Waals surface area contributed by atoms with Crippen molar-refractivity contribution in [2.24, 2.45) is 0 Å². The van der Waals surface area contributed by atoms with Crippen LogP contribution in [0.3, 0.4) is 0 Å². The first-order valence-corrected chi connectivity index (χ1v) is 9.51. The van der Waals surface area contributed by atoms with Crippen molar-refractivity contribution in [2.45, 2.75) is 0 Å². The van der Waals surface area contributed by atoms with Crippen molar-refractivity contribution in [1.29, 1.82) is 0 Å². The third-order valence-electron chi connectivity index (χ3n) is 4.10. The number of amides is 2. The standard InChI is InChI=1S/C20H13N3O3S2/c24-17-11-14(13-8-4-5-9-15(13)21-17)18(25)22-23-19(26)16(28-20(23)27)10-12-6-2-1-3-7-12/h1-11H,(H,21,24)(H,22,25)/b16-10+. The summed E-state index contributed by atoms with van der Waals surface area (Å²) < 4.78 is 0.217. The molecule has 2 N–H and O–H groups in total. The molecule has 28 heavy (non-hydrogen) atoms. The minimum absolute atomic E-state index is 0.167. The van der Waals surface area contributed by atoms with Gasteiger partial charge in [-0.1, -0.05) is 60.3 Å². The second kappa shape index (κ2) is 7.41. The van der Waals surface area contributed by atoms with Crippen molar-refractivity contribution in [3.63, 3.8) is 0 Å². The molecule has 0 unspecified atom stereocenters. The smallest absolute Gasteiger partial charge is 0.285 e. The van der Waals surface area contributed by atoms with Gasteiger partial charge in [-0.3, -0.25) is 19.8 Å². The van der Waals surface area contributed by atoms with E-state index in [1.54, 1.807) is 30.3 Å². The van der Waals surface area contributed by atoms with Crippen LogP contribution in [0.1, 0.15) is 15.9 Å².